The number of hydrogen-bond acceptors (Lipinski definition) is 6. The Balaban J connectivity index is 1.59. The van der Waals surface area contributed by atoms with E-state index in [2.05, 4.69) is 13.0 Å². The molecule has 36 heavy (non-hydrogen) atoms. The molecule has 4 aliphatic rings. The van der Waals surface area contributed by atoms with Crippen LogP contribution in [0.15, 0.2) is 23.3 Å². The minimum atomic E-state index is -4.70. The molecule has 0 spiro atoms. The van der Waals surface area contributed by atoms with Crippen LogP contribution in [0.4, 0.5) is 0 Å². The van der Waals surface area contributed by atoms with Gasteiger partial charge in [0.2, 0.25) is 0 Å². The average molecular weight is 529 g/mol. The average Bonchev–Trinajstić information content (AvgIpc) is 3.06. The van der Waals surface area contributed by atoms with Crippen molar-refractivity contribution in [1.29, 1.82) is 0 Å². The highest BCUT2D eigenvalue weighted by Crippen LogP contribution is 2.67. The monoisotopic (exact) mass is 528 g/mol. The predicted molar refractivity (Wildman–Crippen MR) is 136 cm³/mol. The Morgan fingerprint density at radius 1 is 1.11 bits per heavy atom. The summed E-state index contributed by atoms with van der Waals surface area (Å²) in [6.07, 6.45) is 7.11. The molecule has 206 valence electrons. The van der Waals surface area contributed by atoms with Gasteiger partial charge in [0.1, 0.15) is 11.7 Å². The van der Waals surface area contributed by atoms with Gasteiger partial charge in [0, 0.05) is 17.8 Å². The molecule has 6 N–H and O–H groups in total. The second-order valence-corrected chi connectivity index (χ2v) is 14.5. The zero-order valence-electron chi connectivity index (χ0n) is 22.3. The van der Waals surface area contributed by atoms with Crippen molar-refractivity contribution in [3.63, 3.8) is 0 Å². The molecule has 2 saturated carbocycles. The number of phosphoric ester groups is 1. The maximum atomic E-state index is 11.8. The third-order valence-electron chi connectivity index (χ3n) is 10.2. The summed E-state index contributed by atoms with van der Waals surface area (Å²) in [6, 6.07) is 0. The first-order valence-corrected chi connectivity index (χ1v) is 14.9. The molecule has 0 bridgehead atoms. The molecule has 8 nitrogen and oxygen atoms in total. The first kappa shape index (κ1) is 28.4. The summed E-state index contributed by atoms with van der Waals surface area (Å²) < 4.78 is 16.3. The number of rotatable bonds is 7. The minimum absolute atomic E-state index is 0.000111. The van der Waals surface area contributed by atoms with Crippen LogP contribution in [0.1, 0.15) is 92.4 Å². The maximum absolute atomic E-state index is 11.8. The smallest absolute Gasteiger partial charge is 0.390 e. The van der Waals surface area contributed by atoms with E-state index in [9.17, 15) is 34.8 Å². The van der Waals surface area contributed by atoms with Gasteiger partial charge in [0.05, 0.1) is 17.3 Å². The van der Waals surface area contributed by atoms with Gasteiger partial charge in [-0.05, 0) is 101 Å². The Kier molecular flexibility index (Phi) is 7.10. The molecule has 0 aromatic rings. The molecule has 0 radical (unpaired) electrons. The van der Waals surface area contributed by atoms with Gasteiger partial charge in [-0.1, -0.05) is 19.9 Å². The van der Waals surface area contributed by atoms with Crippen molar-refractivity contribution in [2.45, 2.75) is 121 Å². The van der Waals surface area contributed by atoms with Crippen molar-refractivity contribution in [1.82, 2.24) is 0 Å². The highest BCUT2D eigenvalue weighted by molar-refractivity contribution is 7.46. The number of aliphatic hydroxyl groups excluding tert-OH is 1. The summed E-state index contributed by atoms with van der Waals surface area (Å²) in [5, 5.41) is 44.7. The van der Waals surface area contributed by atoms with Crippen LogP contribution in [0.3, 0.4) is 0 Å². The largest absolute Gasteiger partial charge is 0.469 e. The van der Waals surface area contributed by atoms with Gasteiger partial charge in [-0.3, -0.25) is 4.52 Å². The zero-order valence-corrected chi connectivity index (χ0v) is 23.2. The van der Waals surface area contributed by atoms with Crippen molar-refractivity contribution in [3.05, 3.63) is 23.3 Å². The topological polar surface area (TPSA) is 148 Å². The van der Waals surface area contributed by atoms with Gasteiger partial charge in [-0.25, -0.2) is 4.57 Å². The summed E-state index contributed by atoms with van der Waals surface area (Å²) in [5.41, 5.74) is -1.93. The number of aliphatic hydroxyl groups is 4. The second kappa shape index (κ2) is 8.99. The van der Waals surface area contributed by atoms with Crippen molar-refractivity contribution in [3.8, 4) is 0 Å². The highest BCUT2D eigenvalue weighted by atomic mass is 31.2. The lowest BCUT2D eigenvalue weighted by atomic mass is 9.46. The normalized spacial score (nSPS) is 42.5. The fourth-order valence-electron chi connectivity index (χ4n) is 8.21. The second-order valence-electron chi connectivity index (χ2n) is 13.3. The Labute approximate surface area is 214 Å². The quantitative estimate of drug-likeness (QED) is 0.274. The van der Waals surface area contributed by atoms with Crippen molar-refractivity contribution >= 4 is 7.82 Å². The van der Waals surface area contributed by atoms with Crippen molar-refractivity contribution in [2.75, 3.05) is 0 Å². The molecule has 0 amide bonds. The van der Waals surface area contributed by atoms with Crippen LogP contribution in [0.2, 0.25) is 0 Å². The van der Waals surface area contributed by atoms with Crippen LogP contribution < -0.4 is 0 Å². The number of fused-ring (bicyclic) bond motifs is 5. The summed E-state index contributed by atoms with van der Waals surface area (Å²) in [6.45, 7) is 9.67. The van der Waals surface area contributed by atoms with Crippen LogP contribution >= 0.6 is 7.82 Å². The van der Waals surface area contributed by atoms with Crippen molar-refractivity contribution < 1.29 is 39.3 Å². The molecule has 9 heteroatoms. The van der Waals surface area contributed by atoms with E-state index in [0.717, 1.165) is 36.8 Å². The molecule has 0 aromatic heterocycles. The number of hydrogen-bond donors (Lipinski definition) is 6. The molecule has 4 rings (SSSR count). The lowest BCUT2D eigenvalue weighted by molar-refractivity contribution is -0.205. The van der Waals surface area contributed by atoms with E-state index in [1.807, 2.05) is 13.8 Å². The third-order valence-corrected chi connectivity index (χ3v) is 10.8. The Hall–Kier alpha value is -0.570. The van der Waals surface area contributed by atoms with E-state index >= 15 is 0 Å². The Bertz CT molecular complexity index is 977. The zero-order chi connectivity index (χ0) is 26.9. The van der Waals surface area contributed by atoms with Crippen molar-refractivity contribution in [2.24, 2.45) is 22.7 Å². The first-order chi connectivity index (χ1) is 16.3. The Morgan fingerprint density at radius 3 is 2.39 bits per heavy atom. The predicted octanol–water partition coefficient (Wildman–Crippen LogP) is 3.74. The van der Waals surface area contributed by atoms with E-state index in [1.165, 1.54) is 0 Å². The van der Waals surface area contributed by atoms with E-state index < -0.39 is 42.2 Å². The van der Waals surface area contributed by atoms with E-state index in [4.69, 9.17) is 4.52 Å². The van der Waals surface area contributed by atoms with Gasteiger partial charge in [0.15, 0.2) is 0 Å². The minimum Gasteiger partial charge on any atom is -0.390 e. The molecule has 0 aromatic carbocycles. The van der Waals surface area contributed by atoms with Crippen LogP contribution in [-0.2, 0) is 9.09 Å². The van der Waals surface area contributed by atoms with Gasteiger partial charge >= 0.3 is 7.82 Å². The molecule has 0 aliphatic heterocycles. The van der Waals surface area contributed by atoms with Gasteiger partial charge in [-0.15, -0.1) is 0 Å². The van der Waals surface area contributed by atoms with Gasteiger partial charge < -0.3 is 30.2 Å². The maximum Gasteiger partial charge on any atom is 0.469 e. The number of allylic oxidation sites excluding steroid dienone is 3. The standard InChI is InChI=1S/C27H45O8P/c1-23(2,29)11-6-12-26(5,30)21-8-7-19-18-15-22(28)27(31)16-17(35-36(32,33)34)9-14-25(27,4)20(18)10-13-24(19,21)3/h7,15,17,20-22,28-31H,6,8-14,16H2,1-5H3,(H2,32,33,34)/t17-,20-,21-,22-,24-,25+,26-,27-/m0/s1. The molecular formula is C27H45O8P. The fraction of sp³-hybridized carbons (Fsp3) is 0.852. The molecular weight excluding hydrogens is 483 g/mol. The lowest BCUT2D eigenvalue weighted by Crippen LogP contribution is -2.65. The fourth-order valence-corrected chi connectivity index (χ4v) is 8.78. The number of phosphoric acid groups is 1. The molecule has 0 heterocycles. The van der Waals surface area contributed by atoms with E-state index in [1.54, 1.807) is 19.9 Å². The molecule has 0 saturated heterocycles. The first-order valence-electron chi connectivity index (χ1n) is 13.3. The summed E-state index contributed by atoms with van der Waals surface area (Å²) in [4.78, 5) is 18.6. The van der Waals surface area contributed by atoms with Gasteiger partial charge in [0.25, 0.3) is 0 Å². The lowest BCUT2D eigenvalue weighted by Gasteiger charge is -2.61. The highest BCUT2D eigenvalue weighted by Gasteiger charge is 2.64. The summed E-state index contributed by atoms with van der Waals surface area (Å²) >= 11 is 0. The molecule has 0 unspecified atom stereocenters. The SMILES string of the molecule is CC(C)(O)CCC[C@](C)(O)[C@H]1CC=C2C3=C[C@H](O)[C@@]4(O)C[C@@H](OP(=O)(O)O)CC[C@]4(C)[C@H]3CC[C@@]21C. The summed E-state index contributed by atoms with van der Waals surface area (Å²) in [5.74, 6) is 0.0157. The summed E-state index contributed by atoms with van der Waals surface area (Å²) in [7, 11) is -4.70. The van der Waals surface area contributed by atoms with Crippen LogP contribution in [0.5, 0.6) is 0 Å². The van der Waals surface area contributed by atoms with E-state index in [-0.39, 0.29) is 23.7 Å². The molecule has 2 fully saturated rings. The van der Waals surface area contributed by atoms with Crippen LogP contribution in [0, 0.1) is 22.7 Å². The molecule has 8 atom stereocenters. The van der Waals surface area contributed by atoms with Gasteiger partial charge in [-0.2, -0.15) is 0 Å². The van der Waals surface area contributed by atoms with E-state index in [0.29, 0.717) is 25.7 Å². The molecule has 4 aliphatic carbocycles. The van der Waals surface area contributed by atoms with Crippen LogP contribution in [-0.4, -0.2) is 59.2 Å². The van der Waals surface area contributed by atoms with Crippen LogP contribution in [0.25, 0.3) is 0 Å². The Morgan fingerprint density at radius 2 is 1.78 bits per heavy atom. The third kappa shape index (κ3) is 4.82.